The van der Waals surface area contributed by atoms with Crippen LogP contribution in [-0.4, -0.2) is 23.5 Å². The molecule has 1 heterocycles. The van der Waals surface area contributed by atoms with Crippen molar-refractivity contribution in [2.24, 2.45) is 0 Å². The molecule has 0 spiro atoms. The highest BCUT2D eigenvalue weighted by atomic mass is 16.5. The minimum absolute atomic E-state index is 0.158. The van der Waals surface area contributed by atoms with Crippen molar-refractivity contribution >= 4 is 17.6 Å². The minimum atomic E-state index is -0.643. The van der Waals surface area contributed by atoms with Gasteiger partial charge in [-0.2, -0.15) is 0 Å². The molecule has 2 aromatic carbocycles. The summed E-state index contributed by atoms with van der Waals surface area (Å²) in [6.45, 7) is 0.0810. The predicted octanol–water partition coefficient (Wildman–Crippen LogP) is 3.46. The lowest BCUT2D eigenvalue weighted by Crippen LogP contribution is -2.21. The highest BCUT2D eigenvalue weighted by Gasteiger charge is 2.11. The Bertz CT molecular complexity index is 881. The number of hydrogen-bond acceptors (Lipinski definition) is 5. The second kappa shape index (κ2) is 9.15. The van der Waals surface area contributed by atoms with E-state index < -0.39 is 11.9 Å². The third-order valence-corrected chi connectivity index (χ3v) is 3.59. The zero-order chi connectivity index (χ0) is 18.9. The fourth-order valence-electron chi connectivity index (χ4n) is 2.26. The first-order chi connectivity index (χ1) is 13.2. The minimum Gasteiger partial charge on any atom is -0.489 e. The van der Waals surface area contributed by atoms with E-state index in [4.69, 9.17) is 9.47 Å². The molecular formula is C21H18N2O4. The molecule has 3 aromatic rings. The smallest absolute Gasteiger partial charge is 0.357 e. The van der Waals surface area contributed by atoms with E-state index in [-0.39, 0.29) is 12.3 Å². The maximum atomic E-state index is 11.9. The summed E-state index contributed by atoms with van der Waals surface area (Å²) >= 11 is 0. The highest BCUT2D eigenvalue weighted by molar-refractivity contribution is 5.94. The maximum Gasteiger partial charge on any atom is 0.357 e. The van der Waals surface area contributed by atoms with Gasteiger partial charge in [-0.3, -0.25) is 4.79 Å². The van der Waals surface area contributed by atoms with Crippen LogP contribution in [-0.2, 0) is 16.1 Å². The molecule has 0 fully saturated rings. The van der Waals surface area contributed by atoms with Crippen LogP contribution < -0.4 is 10.1 Å². The molecule has 6 heteroatoms. The Morgan fingerprint density at radius 1 is 0.889 bits per heavy atom. The normalized spacial score (nSPS) is 10.1. The molecule has 0 aliphatic heterocycles. The molecule has 0 aliphatic rings. The van der Waals surface area contributed by atoms with Crippen LogP contribution >= 0.6 is 0 Å². The summed E-state index contributed by atoms with van der Waals surface area (Å²) in [7, 11) is 0. The SMILES string of the molecule is O=C(COC(=O)c1ccccn1)Nc1ccc(OCc2ccccc2)cc1. The number of amides is 1. The Kier molecular flexibility index (Phi) is 6.14. The van der Waals surface area contributed by atoms with Crippen LogP contribution in [0, 0.1) is 0 Å². The molecule has 1 aromatic heterocycles. The molecule has 1 amide bonds. The molecule has 0 saturated carbocycles. The van der Waals surface area contributed by atoms with Crippen molar-refractivity contribution in [3.63, 3.8) is 0 Å². The second-order valence-corrected chi connectivity index (χ2v) is 5.64. The first kappa shape index (κ1) is 18.1. The van der Waals surface area contributed by atoms with Gasteiger partial charge in [0.1, 0.15) is 18.1 Å². The fourth-order valence-corrected chi connectivity index (χ4v) is 2.26. The average Bonchev–Trinajstić information content (AvgIpc) is 2.73. The summed E-state index contributed by atoms with van der Waals surface area (Å²) < 4.78 is 10.6. The molecule has 6 nitrogen and oxygen atoms in total. The number of aromatic nitrogens is 1. The van der Waals surface area contributed by atoms with Gasteiger partial charge in [-0.25, -0.2) is 9.78 Å². The zero-order valence-electron chi connectivity index (χ0n) is 14.5. The summed E-state index contributed by atoms with van der Waals surface area (Å²) in [6.07, 6.45) is 1.48. The van der Waals surface area contributed by atoms with Crippen molar-refractivity contribution in [1.82, 2.24) is 4.98 Å². The van der Waals surface area contributed by atoms with Crippen molar-refractivity contribution in [1.29, 1.82) is 0 Å². The lowest BCUT2D eigenvalue weighted by atomic mass is 10.2. The number of hydrogen-bond donors (Lipinski definition) is 1. The molecule has 0 saturated heterocycles. The molecule has 0 aliphatic carbocycles. The van der Waals surface area contributed by atoms with Crippen LogP contribution in [0.2, 0.25) is 0 Å². The monoisotopic (exact) mass is 362 g/mol. The Labute approximate surface area is 156 Å². The van der Waals surface area contributed by atoms with Gasteiger partial charge in [0.05, 0.1) is 0 Å². The molecule has 136 valence electrons. The Hall–Kier alpha value is -3.67. The van der Waals surface area contributed by atoms with Crippen molar-refractivity contribution in [3.8, 4) is 5.75 Å². The topological polar surface area (TPSA) is 77.5 Å². The van der Waals surface area contributed by atoms with Crippen LogP contribution in [0.3, 0.4) is 0 Å². The van der Waals surface area contributed by atoms with Gasteiger partial charge in [0.2, 0.25) is 0 Å². The van der Waals surface area contributed by atoms with Crippen molar-refractivity contribution < 1.29 is 19.1 Å². The van der Waals surface area contributed by atoms with Crippen molar-refractivity contribution in [2.45, 2.75) is 6.61 Å². The van der Waals surface area contributed by atoms with Crippen LogP contribution in [0.25, 0.3) is 0 Å². The number of nitrogens with one attached hydrogen (secondary N) is 1. The first-order valence-electron chi connectivity index (χ1n) is 8.35. The molecular weight excluding hydrogens is 344 g/mol. The molecule has 0 radical (unpaired) electrons. The van der Waals surface area contributed by atoms with E-state index in [0.717, 1.165) is 5.56 Å². The zero-order valence-corrected chi connectivity index (χ0v) is 14.5. The molecule has 1 N–H and O–H groups in total. The van der Waals surface area contributed by atoms with Crippen LogP contribution in [0.15, 0.2) is 79.0 Å². The lowest BCUT2D eigenvalue weighted by molar-refractivity contribution is -0.119. The van der Waals surface area contributed by atoms with E-state index >= 15 is 0 Å². The van der Waals surface area contributed by atoms with Crippen LogP contribution in [0.5, 0.6) is 5.75 Å². The van der Waals surface area contributed by atoms with Crippen molar-refractivity contribution in [2.75, 3.05) is 11.9 Å². The van der Waals surface area contributed by atoms with Gasteiger partial charge >= 0.3 is 5.97 Å². The van der Waals surface area contributed by atoms with Gasteiger partial charge in [-0.05, 0) is 42.0 Å². The number of carbonyl (C=O) groups is 2. The highest BCUT2D eigenvalue weighted by Crippen LogP contribution is 2.17. The van der Waals surface area contributed by atoms with E-state index in [1.807, 2.05) is 30.3 Å². The largest absolute Gasteiger partial charge is 0.489 e. The van der Waals surface area contributed by atoms with E-state index in [1.165, 1.54) is 12.3 Å². The Balaban J connectivity index is 1.45. The van der Waals surface area contributed by atoms with Crippen LogP contribution in [0.4, 0.5) is 5.69 Å². The van der Waals surface area contributed by atoms with Crippen LogP contribution in [0.1, 0.15) is 16.1 Å². The van der Waals surface area contributed by atoms with Gasteiger partial charge in [-0.1, -0.05) is 36.4 Å². The number of carbonyl (C=O) groups excluding carboxylic acids is 2. The number of esters is 1. The Morgan fingerprint density at radius 3 is 2.33 bits per heavy atom. The van der Waals surface area contributed by atoms with E-state index in [2.05, 4.69) is 10.3 Å². The second-order valence-electron chi connectivity index (χ2n) is 5.64. The third-order valence-electron chi connectivity index (χ3n) is 3.59. The van der Waals surface area contributed by atoms with Gasteiger partial charge in [0, 0.05) is 11.9 Å². The molecule has 0 unspecified atom stereocenters. The summed E-state index contributed by atoms with van der Waals surface area (Å²) in [6, 6.07) is 21.7. The summed E-state index contributed by atoms with van der Waals surface area (Å²) in [5.74, 6) is -0.383. The van der Waals surface area contributed by atoms with Gasteiger partial charge in [0.15, 0.2) is 6.61 Å². The number of benzene rings is 2. The van der Waals surface area contributed by atoms with E-state index in [0.29, 0.717) is 18.0 Å². The summed E-state index contributed by atoms with van der Waals surface area (Å²) in [4.78, 5) is 27.5. The lowest BCUT2D eigenvalue weighted by Gasteiger charge is -2.09. The van der Waals surface area contributed by atoms with E-state index in [1.54, 1.807) is 36.4 Å². The quantitative estimate of drug-likeness (QED) is 0.651. The number of pyridine rings is 1. The van der Waals surface area contributed by atoms with Crippen molar-refractivity contribution in [3.05, 3.63) is 90.3 Å². The maximum absolute atomic E-state index is 11.9. The number of ether oxygens (including phenoxy) is 2. The number of anilines is 1. The number of rotatable bonds is 7. The molecule has 27 heavy (non-hydrogen) atoms. The number of nitrogens with zero attached hydrogens (tertiary/aromatic N) is 1. The standard InChI is InChI=1S/C21H18N2O4/c24-20(15-27-21(25)19-8-4-5-13-22-19)23-17-9-11-18(12-10-17)26-14-16-6-2-1-3-7-16/h1-13H,14-15H2,(H,23,24). The first-order valence-corrected chi connectivity index (χ1v) is 8.35. The van der Waals surface area contributed by atoms with E-state index in [9.17, 15) is 9.59 Å². The van der Waals surface area contributed by atoms with Gasteiger partial charge in [-0.15, -0.1) is 0 Å². The fraction of sp³-hybridized carbons (Fsp3) is 0.0952. The summed E-state index contributed by atoms with van der Waals surface area (Å²) in [5.41, 5.74) is 1.82. The summed E-state index contributed by atoms with van der Waals surface area (Å²) in [5, 5.41) is 2.66. The molecule has 3 rings (SSSR count). The molecule has 0 bridgehead atoms. The Morgan fingerprint density at radius 2 is 1.63 bits per heavy atom. The average molecular weight is 362 g/mol. The van der Waals surface area contributed by atoms with Gasteiger partial charge < -0.3 is 14.8 Å². The molecule has 0 atom stereocenters. The predicted molar refractivity (Wildman–Crippen MR) is 100 cm³/mol. The van der Waals surface area contributed by atoms with Gasteiger partial charge in [0.25, 0.3) is 5.91 Å². The third kappa shape index (κ3) is 5.67.